The van der Waals surface area contributed by atoms with Crippen molar-refractivity contribution in [1.82, 2.24) is 10.6 Å². The van der Waals surface area contributed by atoms with Crippen LogP contribution in [-0.4, -0.2) is 30.4 Å². The molecule has 1 fully saturated rings. The molecule has 3 N–H and O–H groups in total. The Hall–Kier alpha value is -1.66. The number of halogens is 1. The largest absolute Gasteiger partial charge is 0.388 e. The molecule has 0 aromatic heterocycles. The van der Waals surface area contributed by atoms with Gasteiger partial charge in [-0.2, -0.15) is 0 Å². The summed E-state index contributed by atoms with van der Waals surface area (Å²) < 4.78 is 18.4. The summed E-state index contributed by atoms with van der Waals surface area (Å²) in [4.78, 5) is 11.8. The molecular weight excluding hydrogens is 287 g/mol. The molecule has 0 spiro atoms. The molecule has 2 amide bonds. The number of ether oxygens (including phenoxy) is 1. The predicted octanol–water partition coefficient (Wildman–Crippen LogP) is 2.08. The van der Waals surface area contributed by atoms with Gasteiger partial charge in [0, 0.05) is 25.8 Å². The number of carbonyl (C=O) groups excluding carboxylic acids is 1. The molecule has 0 bridgehead atoms. The highest BCUT2D eigenvalue weighted by Gasteiger charge is 2.31. The van der Waals surface area contributed by atoms with E-state index in [1.165, 1.54) is 13.2 Å². The Balaban J connectivity index is 1.79. The molecule has 2 rings (SSSR count). The lowest BCUT2D eigenvalue weighted by Gasteiger charge is -2.22. The van der Waals surface area contributed by atoms with Crippen LogP contribution in [0.15, 0.2) is 18.2 Å². The van der Waals surface area contributed by atoms with Gasteiger partial charge in [-0.1, -0.05) is 18.9 Å². The van der Waals surface area contributed by atoms with E-state index < -0.39 is 5.60 Å². The van der Waals surface area contributed by atoms with Crippen molar-refractivity contribution in [3.8, 4) is 0 Å². The number of benzene rings is 1. The number of carbonyl (C=O) groups is 1. The Labute approximate surface area is 129 Å². The highest BCUT2D eigenvalue weighted by Crippen LogP contribution is 2.28. The Kier molecular flexibility index (Phi) is 5.74. The van der Waals surface area contributed by atoms with Crippen LogP contribution >= 0.6 is 0 Å². The second-order valence-electron chi connectivity index (χ2n) is 5.83. The number of aliphatic hydroxyl groups is 1. The monoisotopic (exact) mass is 310 g/mol. The van der Waals surface area contributed by atoms with Gasteiger partial charge < -0.3 is 20.5 Å². The third kappa shape index (κ3) is 4.68. The van der Waals surface area contributed by atoms with Gasteiger partial charge in [0.25, 0.3) is 0 Å². The number of hydrogen-bond acceptors (Lipinski definition) is 3. The summed E-state index contributed by atoms with van der Waals surface area (Å²) in [6.07, 6.45) is 3.45. The number of nitrogens with one attached hydrogen (secondary N) is 2. The van der Waals surface area contributed by atoms with Gasteiger partial charge in [0.15, 0.2) is 0 Å². The summed E-state index contributed by atoms with van der Waals surface area (Å²) in [6, 6.07) is 4.32. The molecule has 1 aromatic rings. The number of rotatable bonds is 6. The van der Waals surface area contributed by atoms with Crippen molar-refractivity contribution in [2.24, 2.45) is 0 Å². The third-order valence-electron chi connectivity index (χ3n) is 3.98. The Bertz CT molecular complexity index is 516. The first-order chi connectivity index (χ1) is 10.5. The van der Waals surface area contributed by atoms with Crippen LogP contribution in [0.3, 0.4) is 0 Å². The lowest BCUT2D eigenvalue weighted by Crippen LogP contribution is -2.44. The minimum Gasteiger partial charge on any atom is -0.388 e. The van der Waals surface area contributed by atoms with Crippen molar-refractivity contribution in [3.05, 3.63) is 35.1 Å². The Morgan fingerprint density at radius 3 is 2.77 bits per heavy atom. The van der Waals surface area contributed by atoms with Gasteiger partial charge >= 0.3 is 6.03 Å². The van der Waals surface area contributed by atoms with Crippen LogP contribution in [0.4, 0.5) is 9.18 Å². The van der Waals surface area contributed by atoms with Crippen molar-refractivity contribution in [3.63, 3.8) is 0 Å². The van der Waals surface area contributed by atoms with Crippen LogP contribution in [0.5, 0.6) is 0 Å². The van der Waals surface area contributed by atoms with Crippen LogP contribution in [0.1, 0.15) is 36.8 Å². The summed E-state index contributed by atoms with van der Waals surface area (Å²) in [5.41, 5.74) is 0.490. The number of methoxy groups -OCH3 is 1. The average molecular weight is 310 g/mol. The van der Waals surface area contributed by atoms with E-state index in [1.54, 1.807) is 12.1 Å². The zero-order valence-corrected chi connectivity index (χ0v) is 12.8. The van der Waals surface area contributed by atoms with E-state index >= 15 is 0 Å². The first kappa shape index (κ1) is 16.7. The van der Waals surface area contributed by atoms with Crippen molar-refractivity contribution < 1.29 is 19.0 Å². The SMILES string of the molecule is COCc1cc(CNC(=O)NCC2(O)CCCC2)ccc1F. The quantitative estimate of drug-likeness (QED) is 0.753. The van der Waals surface area contributed by atoms with Crippen molar-refractivity contribution >= 4 is 6.03 Å². The van der Waals surface area contributed by atoms with Crippen LogP contribution in [0, 0.1) is 5.82 Å². The summed E-state index contributed by atoms with van der Waals surface area (Å²) in [5.74, 6) is -0.321. The molecule has 1 aromatic carbocycles. The lowest BCUT2D eigenvalue weighted by atomic mass is 10.0. The maximum atomic E-state index is 13.5. The zero-order valence-electron chi connectivity index (χ0n) is 12.8. The molecule has 0 saturated heterocycles. The Morgan fingerprint density at radius 2 is 2.09 bits per heavy atom. The molecular formula is C16H23FN2O3. The fraction of sp³-hybridized carbons (Fsp3) is 0.562. The van der Waals surface area contributed by atoms with Gasteiger partial charge in [-0.3, -0.25) is 0 Å². The molecule has 1 aliphatic carbocycles. The molecule has 0 atom stereocenters. The van der Waals surface area contributed by atoms with Gasteiger partial charge in [-0.25, -0.2) is 9.18 Å². The molecule has 0 unspecified atom stereocenters. The molecule has 1 aliphatic rings. The maximum Gasteiger partial charge on any atom is 0.315 e. The van der Waals surface area contributed by atoms with Gasteiger partial charge in [-0.15, -0.1) is 0 Å². The lowest BCUT2D eigenvalue weighted by molar-refractivity contribution is 0.0501. The number of amides is 2. The topological polar surface area (TPSA) is 70.6 Å². The van der Waals surface area contributed by atoms with Crippen molar-refractivity contribution in [2.45, 2.75) is 44.4 Å². The number of urea groups is 1. The highest BCUT2D eigenvalue weighted by molar-refractivity contribution is 5.73. The van der Waals surface area contributed by atoms with Crippen molar-refractivity contribution in [2.75, 3.05) is 13.7 Å². The minimum atomic E-state index is -0.765. The maximum absolute atomic E-state index is 13.5. The van der Waals surface area contributed by atoms with Crippen LogP contribution in [-0.2, 0) is 17.9 Å². The van der Waals surface area contributed by atoms with E-state index in [2.05, 4.69) is 10.6 Å². The molecule has 1 saturated carbocycles. The first-order valence-electron chi connectivity index (χ1n) is 7.53. The molecule has 0 heterocycles. The van der Waals surface area contributed by atoms with Gasteiger partial charge in [0.1, 0.15) is 5.82 Å². The molecule has 0 aliphatic heterocycles. The fourth-order valence-corrected chi connectivity index (χ4v) is 2.70. The minimum absolute atomic E-state index is 0.193. The number of hydrogen-bond donors (Lipinski definition) is 3. The van der Waals surface area contributed by atoms with E-state index in [0.29, 0.717) is 12.1 Å². The summed E-state index contributed by atoms with van der Waals surface area (Å²) in [5, 5.41) is 15.5. The molecule has 122 valence electrons. The molecule has 5 nitrogen and oxygen atoms in total. The summed E-state index contributed by atoms with van der Waals surface area (Å²) in [6.45, 7) is 0.747. The molecule has 22 heavy (non-hydrogen) atoms. The fourth-order valence-electron chi connectivity index (χ4n) is 2.70. The Morgan fingerprint density at radius 1 is 1.36 bits per heavy atom. The average Bonchev–Trinajstić information content (AvgIpc) is 2.93. The van der Waals surface area contributed by atoms with E-state index in [4.69, 9.17) is 4.74 Å². The second kappa shape index (κ2) is 7.56. The van der Waals surface area contributed by atoms with E-state index in [-0.39, 0.29) is 25.0 Å². The molecule has 0 radical (unpaired) electrons. The predicted molar refractivity (Wildman–Crippen MR) is 80.8 cm³/mol. The van der Waals surface area contributed by atoms with Gasteiger partial charge in [0.2, 0.25) is 0 Å². The third-order valence-corrected chi connectivity index (χ3v) is 3.98. The van der Waals surface area contributed by atoms with E-state index in [0.717, 1.165) is 31.2 Å². The van der Waals surface area contributed by atoms with E-state index in [9.17, 15) is 14.3 Å². The smallest absolute Gasteiger partial charge is 0.315 e. The normalized spacial score (nSPS) is 16.5. The standard InChI is InChI=1S/C16H23FN2O3/c1-22-10-13-8-12(4-5-14(13)17)9-18-15(20)19-11-16(21)6-2-3-7-16/h4-5,8,21H,2-3,6-7,9-11H2,1H3,(H2,18,19,20). The van der Waals surface area contributed by atoms with Crippen LogP contribution < -0.4 is 10.6 Å². The first-order valence-corrected chi connectivity index (χ1v) is 7.53. The zero-order chi connectivity index (χ0) is 16.0. The summed E-state index contributed by atoms with van der Waals surface area (Å²) >= 11 is 0. The van der Waals surface area contributed by atoms with Crippen LogP contribution in [0.2, 0.25) is 0 Å². The highest BCUT2D eigenvalue weighted by atomic mass is 19.1. The van der Waals surface area contributed by atoms with Gasteiger partial charge in [0.05, 0.1) is 12.2 Å². The second-order valence-corrected chi connectivity index (χ2v) is 5.83. The van der Waals surface area contributed by atoms with Crippen molar-refractivity contribution in [1.29, 1.82) is 0 Å². The van der Waals surface area contributed by atoms with E-state index in [1.807, 2.05) is 0 Å². The summed E-state index contributed by atoms with van der Waals surface area (Å²) in [7, 11) is 1.51. The van der Waals surface area contributed by atoms with Crippen LogP contribution in [0.25, 0.3) is 0 Å². The molecule has 6 heteroatoms. The van der Waals surface area contributed by atoms with Gasteiger partial charge in [-0.05, 0) is 30.5 Å².